The molecule has 0 unspecified atom stereocenters. The summed E-state index contributed by atoms with van der Waals surface area (Å²) in [5.74, 6) is -0.538. The van der Waals surface area contributed by atoms with E-state index in [4.69, 9.17) is 9.47 Å². The predicted molar refractivity (Wildman–Crippen MR) is 89.0 cm³/mol. The third-order valence-electron chi connectivity index (χ3n) is 4.14. The first-order chi connectivity index (χ1) is 11.9. The van der Waals surface area contributed by atoms with Crippen LogP contribution >= 0.6 is 0 Å². The van der Waals surface area contributed by atoms with Gasteiger partial charge in [0.25, 0.3) is 10.0 Å². The van der Waals surface area contributed by atoms with Gasteiger partial charge in [-0.1, -0.05) is 0 Å². The number of nitrogens with zero attached hydrogens (tertiary/aromatic N) is 2. The number of fused-ring (bicyclic) bond motifs is 1. The zero-order chi connectivity index (χ0) is 18.0. The van der Waals surface area contributed by atoms with Gasteiger partial charge in [0, 0.05) is 12.7 Å². The summed E-state index contributed by atoms with van der Waals surface area (Å²) in [5.41, 5.74) is 0.299. The maximum atomic E-state index is 12.4. The first kappa shape index (κ1) is 17.7. The highest BCUT2D eigenvalue weighted by atomic mass is 32.2. The average molecular weight is 368 g/mol. The van der Waals surface area contributed by atoms with Gasteiger partial charge in [-0.3, -0.25) is 4.79 Å². The van der Waals surface area contributed by atoms with Crippen molar-refractivity contribution in [1.29, 1.82) is 0 Å². The van der Waals surface area contributed by atoms with Crippen LogP contribution in [0.25, 0.3) is 0 Å². The van der Waals surface area contributed by atoms with E-state index < -0.39 is 22.1 Å². The monoisotopic (exact) mass is 368 g/mol. The zero-order valence-corrected chi connectivity index (χ0v) is 14.7. The number of amidine groups is 1. The second-order valence-corrected chi connectivity index (χ2v) is 7.89. The number of rotatable bonds is 6. The van der Waals surface area contributed by atoms with E-state index in [-0.39, 0.29) is 43.0 Å². The summed E-state index contributed by atoms with van der Waals surface area (Å²) >= 11 is 0. The molecule has 0 aromatic rings. The van der Waals surface area contributed by atoms with Crippen LogP contribution in [0.2, 0.25) is 0 Å². The molecular formula is C16H20N2O6S. The highest BCUT2D eigenvalue weighted by Gasteiger charge is 2.36. The van der Waals surface area contributed by atoms with E-state index in [1.165, 1.54) is 18.4 Å². The van der Waals surface area contributed by atoms with Gasteiger partial charge in [0.2, 0.25) is 0 Å². The number of esters is 2. The van der Waals surface area contributed by atoms with E-state index >= 15 is 0 Å². The minimum Gasteiger partial charge on any atom is -0.466 e. The Labute approximate surface area is 146 Å². The molecule has 1 fully saturated rings. The number of ether oxygens (including phenoxy) is 2. The summed E-state index contributed by atoms with van der Waals surface area (Å²) in [6.45, 7) is 2.25. The van der Waals surface area contributed by atoms with E-state index in [0.717, 1.165) is 12.8 Å². The Kier molecular flexibility index (Phi) is 4.94. The second kappa shape index (κ2) is 6.99. The lowest BCUT2D eigenvalue weighted by molar-refractivity contribution is -0.153. The molecule has 0 bridgehead atoms. The van der Waals surface area contributed by atoms with E-state index in [9.17, 15) is 18.0 Å². The minimum atomic E-state index is -3.43. The number of hydrogen-bond acceptors (Lipinski definition) is 7. The fraction of sp³-hybridized carbons (Fsp3) is 0.562. The third-order valence-corrected chi connectivity index (χ3v) is 5.30. The summed E-state index contributed by atoms with van der Waals surface area (Å²) in [5, 5.41) is 0. The first-order valence-corrected chi connectivity index (χ1v) is 9.84. The van der Waals surface area contributed by atoms with Crippen molar-refractivity contribution in [2.75, 3.05) is 18.9 Å². The minimum absolute atomic E-state index is 0.0515. The molecule has 1 saturated carbocycles. The SMILES string of the molecule is CCOC(=O)C[C@H](OC(=O)C1=CN2CCS(=O)(=O)N=C2C=C1)C1CC1. The molecule has 2 aliphatic heterocycles. The summed E-state index contributed by atoms with van der Waals surface area (Å²) < 4.78 is 37.1. The number of carbonyl (C=O) groups is 2. The maximum absolute atomic E-state index is 12.4. The van der Waals surface area contributed by atoms with Crippen LogP contribution in [0.3, 0.4) is 0 Å². The van der Waals surface area contributed by atoms with Gasteiger partial charge in [-0.25, -0.2) is 13.2 Å². The predicted octanol–water partition coefficient (Wildman–Crippen LogP) is 0.759. The van der Waals surface area contributed by atoms with Gasteiger partial charge in [0.1, 0.15) is 11.9 Å². The summed E-state index contributed by atoms with van der Waals surface area (Å²) in [6.07, 6.45) is 5.90. The van der Waals surface area contributed by atoms with Gasteiger partial charge in [-0.15, -0.1) is 4.40 Å². The molecule has 0 aromatic carbocycles. The normalized spacial score (nSPS) is 22.4. The fourth-order valence-electron chi connectivity index (χ4n) is 2.68. The highest BCUT2D eigenvalue weighted by molar-refractivity contribution is 7.90. The van der Waals surface area contributed by atoms with Crippen molar-refractivity contribution in [3.8, 4) is 0 Å². The van der Waals surface area contributed by atoms with Crippen molar-refractivity contribution in [2.24, 2.45) is 10.3 Å². The molecule has 1 aliphatic carbocycles. The van der Waals surface area contributed by atoms with E-state index in [0.29, 0.717) is 5.57 Å². The molecule has 0 amide bonds. The van der Waals surface area contributed by atoms with Crippen molar-refractivity contribution >= 4 is 27.8 Å². The van der Waals surface area contributed by atoms with Crippen LogP contribution in [0.5, 0.6) is 0 Å². The molecule has 25 heavy (non-hydrogen) atoms. The average Bonchev–Trinajstić information content (AvgIpc) is 3.38. The molecule has 0 N–H and O–H groups in total. The van der Waals surface area contributed by atoms with Crippen LogP contribution in [-0.4, -0.2) is 56.1 Å². The molecule has 9 heteroatoms. The number of hydrogen-bond donors (Lipinski definition) is 0. The van der Waals surface area contributed by atoms with Crippen LogP contribution in [0.4, 0.5) is 0 Å². The molecule has 0 saturated heterocycles. The molecule has 0 spiro atoms. The molecule has 3 aliphatic rings. The second-order valence-electron chi connectivity index (χ2n) is 6.14. The topological polar surface area (TPSA) is 102 Å². The van der Waals surface area contributed by atoms with E-state index in [1.807, 2.05) is 0 Å². The molecule has 1 atom stereocenters. The zero-order valence-electron chi connectivity index (χ0n) is 13.9. The number of sulfonamides is 1. The molecular weight excluding hydrogens is 348 g/mol. The van der Waals surface area contributed by atoms with Crippen molar-refractivity contribution in [3.05, 3.63) is 23.9 Å². The van der Waals surface area contributed by atoms with Gasteiger partial charge in [0.15, 0.2) is 0 Å². The lowest BCUT2D eigenvalue weighted by Crippen LogP contribution is -2.37. The number of carbonyl (C=O) groups excluding carboxylic acids is 2. The van der Waals surface area contributed by atoms with Crippen molar-refractivity contribution in [2.45, 2.75) is 32.3 Å². The van der Waals surface area contributed by atoms with Gasteiger partial charge in [0.05, 0.1) is 24.4 Å². The van der Waals surface area contributed by atoms with Crippen LogP contribution in [-0.2, 0) is 29.1 Å². The summed E-state index contributed by atoms with van der Waals surface area (Å²) in [7, 11) is -3.43. The Hall–Kier alpha value is -2.16. The first-order valence-electron chi connectivity index (χ1n) is 8.24. The Balaban J connectivity index is 1.66. The van der Waals surface area contributed by atoms with Crippen LogP contribution in [0.1, 0.15) is 26.2 Å². The van der Waals surface area contributed by atoms with Crippen LogP contribution in [0, 0.1) is 5.92 Å². The molecule has 3 rings (SSSR count). The highest BCUT2D eigenvalue weighted by Crippen LogP contribution is 2.36. The van der Waals surface area contributed by atoms with Crippen molar-refractivity contribution in [1.82, 2.24) is 4.90 Å². The largest absolute Gasteiger partial charge is 0.466 e. The van der Waals surface area contributed by atoms with E-state index in [2.05, 4.69) is 4.40 Å². The Bertz CT molecular complexity index is 763. The van der Waals surface area contributed by atoms with Crippen molar-refractivity contribution < 1.29 is 27.5 Å². The van der Waals surface area contributed by atoms with Crippen LogP contribution < -0.4 is 0 Å². The Morgan fingerprint density at radius 3 is 2.80 bits per heavy atom. The lowest BCUT2D eigenvalue weighted by Gasteiger charge is -2.27. The maximum Gasteiger partial charge on any atom is 0.339 e. The van der Waals surface area contributed by atoms with Crippen molar-refractivity contribution in [3.63, 3.8) is 0 Å². The lowest BCUT2D eigenvalue weighted by atomic mass is 10.1. The fourth-order valence-corrected chi connectivity index (χ4v) is 3.65. The van der Waals surface area contributed by atoms with E-state index in [1.54, 1.807) is 11.8 Å². The molecule has 0 aromatic heterocycles. The Morgan fingerprint density at radius 1 is 1.36 bits per heavy atom. The quantitative estimate of drug-likeness (QED) is 0.638. The molecule has 0 radical (unpaired) electrons. The van der Waals surface area contributed by atoms with Gasteiger partial charge >= 0.3 is 11.9 Å². The van der Waals surface area contributed by atoms with Crippen LogP contribution in [0.15, 0.2) is 28.3 Å². The van der Waals surface area contributed by atoms with Gasteiger partial charge in [-0.2, -0.15) is 0 Å². The summed E-state index contributed by atoms with van der Waals surface area (Å²) in [4.78, 5) is 25.7. The molecule has 2 heterocycles. The smallest absolute Gasteiger partial charge is 0.339 e. The molecule has 8 nitrogen and oxygen atoms in total. The van der Waals surface area contributed by atoms with Gasteiger partial charge < -0.3 is 14.4 Å². The standard InChI is InChI=1S/C16H20N2O6S/c1-2-23-15(19)9-13(11-3-4-11)24-16(20)12-5-6-14-17-25(21,22)8-7-18(14)10-12/h5-6,10-11,13H,2-4,7-9H2,1H3/t13-/m0/s1. The Morgan fingerprint density at radius 2 is 2.12 bits per heavy atom. The summed E-state index contributed by atoms with van der Waals surface area (Å²) in [6, 6.07) is 0. The van der Waals surface area contributed by atoms with Gasteiger partial charge in [-0.05, 0) is 37.8 Å². The third kappa shape index (κ3) is 4.47. The molecule has 136 valence electrons.